The molecule has 0 radical (unpaired) electrons. The van der Waals surface area contributed by atoms with E-state index in [0.717, 1.165) is 5.39 Å². The van der Waals surface area contributed by atoms with Crippen LogP contribution in [0.1, 0.15) is 25.3 Å². The smallest absolute Gasteiger partial charge is 0.336 e. The van der Waals surface area contributed by atoms with Crippen LogP contribution < -0.4 is 10.4 Å². The standard InChI is InChI=1S/C16H15NO4/c1-16(2)15(19)10(8-17-3)13-11(21-16)6-4-9-5-7-12(18)20-14(9)13/h4-8,10H,1-3H3/t10-/m0/s1. The van der Waals surface area contributed by atoms with Crippen molar-refractivity contribution in [2.45, 2.75) is 25.4 Å². The minimum Gasteiger partial charge on any atom is -0.480 e. The van der Waals surface area contributed by atoms with Gasteiger partial charge in [0, 0.05) is 24.7 Å². The topological polar surface area (TPSA) is 68.9 Å². The van der Waals surface area contributed by atoms with Gasteiger partial charge in [-0.1, -0.05) is 0 Å². The summed E-state index contributed by atoms with van der Waals surface area (Å²) in [6.07, 6.45) is 1.57. The highest BCUT2D eigenvalue weighted by Gasteiger charge is 2.43. The molecule has 0 spiro atoms. The summed E-state index contributed by atoms with van der Waals surface area (Å²) >= 11 is 0. The largest absolute Gasteiger partial charge is 0.480 e. The summed E-state index contributed by atoms with van der Waals surface area (Å²) in [6.45, 7) is 3.44. The molecule has 0 saturated heterocycles. The van der Waals surface area contributed by atoms with Crippen LogP contribution in [0.5, 0.6) is 5.75 Å². The van der Waals surface area contributed by atoms with E-state index in [1.54, 1.807) is 39.2 Å². The molecule has 108 valence electrons. The minimum atomic E-state index is -0.943. The summed E-state index contributed by atoms with van der Waals surface area (Å²) in [5, 5.41) is 0.749. The number of fused-ring (bicyclic) bond motifs is 3. The first kappa shape index (κ1) is 13.5. The lowest BCUT2D eigenvalue weighted by Gasteiger charge is -2.34. The molecule has 0 saturated carbocycles. The number of aliphatic imine (C=N–C) groups is 1. The van der Waals surface area contributed by atoms with Gasteiger partial charge in [0.05, 0.1) is 11.5 Å². The number of rotatable bonds is 1. The molecule has 5 nitrogen and oxygen atoms in total. The van der Waals surface area contributed by atoms with Gasteiger partial charge in [-0.2, -0.15) is 0 Å². The van der Waals surface area contributed by atoms with Gasteiger partial charge >= 0.3 is 5.63 Å². The molecule has 0 aliphatic carbocycles. The number of hydrogen-bond acceptors (Lipinski definition) is 5. The van der Waals surface area contributed by atoms with Crippen molar-refractivity contribution in [1.82, 2.24) is 0 Å². The van der Waals surface area contributed by atoms with Crippen LogP contribution in [0.25, 0.3) is 11.0 Å². The molecule has 1 aliphatic heterocycles. The quantitative estimate of drug-likeness (QED) is 0.595. The lowest BCUT2D eigenvalue weighted by atomic mass is 9.83. The van der Waals surface area contributed by atoms with Gasteiger partial charge in [0.25, 0.3) is 0 Å². The van der Waals surface area contributed by atoms with Crippen molar-refractivity contribution in [3.8, 4) is 5.75 Å². The first-order chi connectivity index (χ1) is 9.94. The fourth-order valence-corrected chi connectivity index (χ4v) is 2.64. The first-order valence-electron chi connectivity index (χ1n) is 6.66. The van der Waals surface area contributed by atoms with Crippen molar-refractivity contribution in [3.63, 3.8) is 0 Å². The van der Waals surface area contributed by atoms with Crippen molar-refractivity contribution in [1.29, 1.82) is 0 Å². The molecular weight excluding hydrogens is 270 g/mol. The molecule has 0 bridgehead atoms. The van der Waals surface area contributed by atoms with Crippen LogP contribution in [0, 0.1) is 0 Å². The predicted molar refractivity (Wildman–Crippen MR) is 79.4 cm³/mol. The zero-order chi connectivity index (χ0) is 15.2. The number of carbonyl (C=O) groups excluding carboxylic acids is 1. The molecule has 21 heavy (non-hydrogen) atoms. The predicted octanol–water partition coefficient (Wildman–Crippen LogP) is 2.32. The van der Waals surface area contributed by atoms with Crippen molar-refractivity contribution >= 4 is 23.0 Å². The number of nitrogens with zero attached hydrogens (tertiary/aromatic N) is 1. The number of hydrogen-bond donors (Lipinski definition) is 0. The number of ether oxygens (including phenoxy) is 1. The summed E-state index contributed by atoms with van der Waals surface area (Å²) in [7, 11) is 1.61. The summed E-state index contributed by atoms with van der Waals surface area (Å²) < 4.78 is 11.1. The highest BCUT2D eigenvalue weighted by atomic mass is 16.5. The number of Topliss-reactive ketones (excluding diaryl/α,β-unsaturated/α-hetero) is 1. The van der Waals surface area contributed by atoms with E-state index >= 15 is 0 Å². The molecule has 5 heteroatoms. The number of benzene rings is 1. The zero-order valence-corrected chi connectivity index (χ0v) is 12.0. The highest BCUT2D eigenvalue weighted by molar-refractivity contribution is 6.09. The van der Waals surface area contributed by atoms with Gasteiger partial charge in [-0.15, -0.1) is 0 Å². The molecule has 1 atom stereocenters. The van der Waals surface area contributed by atoms with Crippen LogP contribution in [0.15, 0.2) is 38.5 Å². The third kappa shape index (κ3) is 2.05. The van der Waals surface area contributed by atoms with Gasteiger partial charge in [0.2, 0.25) is 0 Å². The van der Waals surface area contributed by atoms with E-state index in [-0.39, 0.29) is 5.78 Å². The average molecular weight is 285 g/mol. The van der Waals surface area contributed by atoms with Gasteiger partial charge < -0.3 is 9.15 Å². The Labute approximate surface area is 121 Å². The van der Waals surface area contributed by atoms with Crippen LogP contribution >= 0.6 is 0 Å². The average Bonchev–Trinajstić information content (AvgIpc) is 2.43. The van der Waals surface area contributed by atoms with Crippen molar-refractivity contribution in [3.05, 3.63) is 40.2 Å². The molecule has 3 rings (SSSR count). The maximum Gasteiger partial charge on any atom is 0.336 e. The second kappa shape index (κ2) is 4.55. The van der Waals surface area contributed by atoms with E-state index in [2.05, 4.69) is 4.99 Å². The van der Waals surface area contributed by atoms with E-state index in [9.17, 15) is 9.59 Å². The third-order valence-electron chi connectivity index (χ3n) is 3.64. The summed E-state index contributed by atoms with van der Waals surface area (Å²) in [4.78, 5) is 28.1. The Balaban J connectivity index is 2.38. The first-order valence-corrected chi connectivity index (χ1v) is 6.66. The number of carbonyl (C=O) groups is 1. The van der Waals surface area contributed by atoms with E-state index in [1.807, 2.05) is 6.07 Å². The Kier molecular flexibility index (Phi) is 2.93. The molecule has 0 fully saturated rings. The van der Waals surface area contributed by atoms with Crippen LogP contribution in [-0.2, 0) is 4.79 Å². The monoisotopic (exact) mass is 285 g/mol. The summed E-state index contributed by atoms with van der Waals surface area (Å²) in [5.74, 6) is -0.144. The molecule has 2 heterocycles. The molecular formula is C16H15NO4. The van der Waals surface area contributed by atoms with Crippen molar-refractivity contribution < 1.29 is 13.9 Å². The Morgan fingerprint density at radius 3 is 2.62 bits per heavy atom. The normalized spacial score (nSPS) is 20.5. The Hall–Kier alpha value is -2.43. The maximum absolute atomic E-state index is 12.6. The van der Waals surface area contributed by atoms with Gasteiger partial charge in [-0.3, -0.25) is 9.79 Å². The Morgan fingerprint density at radius 1 is 1.19 bits per heavy atom. The van der Waals surface area contributed by atoms with Crippen LogP contribution in [0.2, 0.25) is 0 Å². The highest BCUT2D eigenvalue weighted by Crippen LogP contribution is 2.41. The maximum atomic E-state index is 12.6. The second-order valence-electron chi connectivity index (χ2n) is 5.51. The van der Waals surface area contributed by atoms with E-state index < -0.39 is 17.1 Å². The van der Waals surface area contributed by atoms with E-state index in [4.69, 9.17) is 9.15 Å². The molecule has 2 aromatic rings. The Morgan fingerprint density at radius 2 is 1.90 bits per heavy atom. The molecule has 1 aliphatic rings. The van der Waals surface area contributed by atoms with Crippen LogP contribution in [0.4, 0.5) is 0 Å². The molecule has 0 N–H and O–H groups in total. The molecule has 0 unspecified atom stereocenters. The second-order valence-corrected chi connectivity index (χ2v) is 5.51. The van der Waals surface area contributed by atoms with Crippen molar-refractivity contribution in [2.24, 2.45) is 4.99 Å². The molecule has 1 aromatic carbocycles. The summed E-state index contributed by atoms with van der Waals surface area (Å²) in [5.41, 5.74) is -0.448. The fraction of sp³-hybridized carbons (Fsp3) is 0.312. The fourth-order valence-electron chi connectivity index (χ4n) is 2.64. The van der Waals surface area contributed by atoms with Gasteiger partial charge in [-0.05, 0) is 32.0 Å². The lowest BCUT2D eigenvalue weighted by Crippen LogP contribution is -2.45. The molecule has 0 amide bonds. The minimum absolute atomic E-state index is 0.111. The van der Waals surface area contributed by atoms with Crippen molar-refractivity contribution in [2.75, 3.05) is 7.05 Å². The Bertz CT molecular complexity index is 817. The summed E-state index contributed by atoms with van der Waals surface area (Å²) in [6, 6.07) is 6.63. The molecule has 1 aromatic heterocycles. The van der Waals surface area contributed by atoms with E-state index in [1.165, 1.54) is 6.07 Å². The SMILES string of the molecule is CN=C[C@@H]1C(=O)C(C)(C)Oc2ccc3ccc(=O)oc3c21. The number of ketones is 1. The van der Waals surface area contributed by atoms with Crippen LogP contribution in [0.3, 0.4) is 0 Å². The zero-order valence-electron chi connectivity index (χ0n) is 12.0. The van der Waals surface area contributed by atoms with Crippen LogP contribution in [-0.4, -0.2) is 24.6 Å². The third-order valence-corrected chi connectivity index (χ3v) is 3.64. The van der Waals surface area contributed by atoms with E-state index in [0.29, 0.717) is 16.9 Å². The van der Waals surface area contributed by atoms with Gasteiger partial charge in [0.1, 0.15) is 11.3 Å². The van der Waals surface area contributed by atoms with Gasteiger partial charge in [-0.25, -0.2) is 4.79 Å². The van der Waals surface area contributed by atoms with Gasteiger partial charge in [0.15, 0.2) is 11.4 Å². The lowest BCUT2D eigenvalue weighted by molar-refractivity contribution is -0.133.